The van der Waals surface area contributed by atoms with Crippen LogP contribution in [-0.4, -0.2) is 26.9 Å². The van der Waals surface area contributed by atoms with E-state index < -0.39 is 0 Å². The van der Waals surface area contributed by atoms with Crippen molar-refractivity contribution < 1.29 is 4.79 Å². The molecule has 0 spiro atoms. The zero-order chi connectivity index (χ0) is 14.1. The lowest BCUT2D eigenvalue weighted by atomic mass is 10.1. The minimum absolute atomic E-state index is 0.143. The van der Waals surface area contributed by atoms with Gasteiger partial charge in [-0.3, -0.25) is 9.78 Å². The average Bonchev–Trinajstić information content (AvgIpc) is 2.91. The highest BCUT2D eigenvalue weighted by Gasteiger charge is 2.27. The van der Waals surface area contributed by atoms with Gasteiger partial charge in [-0.2, -0.15) is 0 Å². The molecule has 0 saturated heterocycles. The number of hydrogen-bond acceptors (Lipinski definition) is 2. The summed E-state index contributed by atoms with van der Waals surface area (Å²) in [5.74, 6) is 0.176. The first-order valence-electron chi connectivity index (χ1n) is 7.01. The van der Waals surface area contributed by atoms with Crippen molar-refractivity contribution in [3.63, 3.8) is 0 Å². The smallest absolute Gasteiger partial charge is 0.227 e. The van der Waals surface area contributed by atoms with Crippen LogP contribution in [0.2, 0.25) is 0 Å². The van der Waals surface area contributed by atoms with Crippen molar-refractivity contribution in [2.75, 3.05) is 6.54 Å². The molecule has 4 nitrogen and oxygen atoms in total. The lowest BCUT2D eigenvalue weighted by molar-refractivity contribution is -0.133. The van der Waals surface area contributed by atoms with Gasteiger partial charge in [0.15, 0.2) is 0 Å². The molecule has 3 heterocycles. The first-order valence-corrected chi connectivity index (χ1v) is 7.01. The summed E-state index contributed by atoms with van der Waals surface area (Å²) in [6.07, 6.45) is 4.31. The Morgan fingerprint density at radius 3 is 2.95 bits per heavy atom. The van der Waals surface area contributed by atoms with Gasteiger partial charge in [-0.15, -0.1) is 0 Å². The molecule has 0 fully saturated rings. The number of carbonyl (C=O) groups is 1. The Morgan fingerprint density at radius 1 is 1.35 bits per heavy atom. The molecule has 1 atom stereocenters. The minimum Gasteiger partial charge on any atom is -0.348 e. The van der Waals surface area contributed by atoms with E-state index >= 15 is 0 Å². The first kappa shape index (κ1) is 12.9. The van der Waals surface area contributed by atoms with Crippen LogP contribution in [0.1, 0.15) is 29.9 Å². The monoisotopic (exact) mass is 269 g/mol. The summed E-state index contributed by atoms with van der Waals surface area (Å²) in [4.78, 5) is 18.7. The van der Waals surface area contributed by atoms with Crippen LogP contribution >= 0.6 is 0 Å². The summed E-state index contributed by atoms with van der Waals surface area (Å²) < 4.78 is 2.22. The van der Waals surface area contributed by atoms with Crippen molar-refractivity contribution in [3.8, 4) is 0 Å². The van der Waals surface area contributed by atoms with Crippen LogP contribution in [0.5, 0.6) is 0 Å². The van der Waals surface area contributed by atoms with Gasteiger partial charge in [0, 0.05) is 36.9 Å². The van der Waals surface area contributed by atoms with Crippen LogP contribution in [0.3, 0.4) is 0 Å². The second-order valence-corrected chi connectivity index (χ2v) is 5.37. The molecule has 2 aromatic heterocycles. The molecular formula is C16H19N3O. The van der Waals surface area contributed by atoms with Gasteiger partial charge in [0.1, 0.15) is 0 Å². The lowest BCUT2D eigenvalue weighted by Gasteiger charge is -2.35. The van der Waals surface area contributed by atoms with Crippen molar-refractivity contribution in [1.82, 2.24) is 14.5 Å². The third-order valence-corrected chi connectivity index (χ3v) is 3.99. The normalized spacial score (nSPS) is 17.9. The van der Waals surface area contributed by atoms with Crippen molar-refractivity contribution in [2.45, 2.75) is 32.9 Å². The maximum absolute atomic E-state index is 12.5. The van der Waals surface area contributed by atoms with Crippen molar-refractivity contribution in [1.29, 1.82) is 0 Å². The Balaban J connectivity index is 1.73. The number of rotatable bonds is 2. The maximum Gasteiger partial charge on any atom is 0.227 e. The number of fused-ring (bicyclic) bond motifs is 1. The van der Waals surface area contributed by atoms with E-state index in [0.29, 0.717) is 6.42 Å². The SMILES string of the molecule is Cc1ccc(CC(=O)N2CCn3cccc3C2C)cn1. The molecule has 2 aromatic rings. The molecule has 1 unspecified atom stereocenters. The van der Waals surface area contributed by atoms with Gasteiger partial charge >= 0.3 is 0 Å². The number of aryl methyl sites for hydroxylation is 1. The first-order chi connectivity index (χ1) is 9.65. The van der Waals surface area contributed by atoms with Crippen LogP contribution in [0.15, 0.2) is 36.7 Å². The summed E-state index contributed by atoms with van der Waals surface area (Å²) >= 11 is 0. The van der Waals surface area contributed by atoms with Gasteiger partial charge in [-0.25, -0.2) is 0 Å². The van der Waals surface area contributed by atoms with Gasteiger partial charge in [0.25, 0.3) is 0 Å². The van der Waals surface area contributed by atoms with E-state index in [4.69, 9.17) is 0 Å². The van der Waals surface area contributed by atoms with Crippen LogP contribution in [0.25, 0.3) is 0 Å². The standard InChI is InChI=1S/C16H19N3O/c1-12-5-6-14(11-17-12)10-16(20)19-9-8-18-7-3-4-15(18)13(19)2/h3-7,11,13H,8-10H2,1-2H3. The third-order valence-electron chi connectivity index (χ3n) is 3.99. The predicted octanol–water partition coefficient (Wildman–Crippen LogP) is 2.34. The molecule has 1 aliphatic rings. The van der Waals surface area contributed by atoms with Gasteiger partial charge in [0.05, 0.1) is 12.5 Å². The third kappa shape index (κ3) is 2.33. The molecule has 20 heavy (non-hydrogen) atoms. The van der Waals surface area contributed by atoms with Crippen LogP contribution in [0.4, 0.5) is 0 Å². The Morgan fingerprint density at radius 2 is 2.20 bits per heavy atom. The zero-order valence-corrected chi connectivity index (χ0v) is 11.9. The van der Waals surface area contributed by atoms with E-state index in [9.17, 15) is 4.79 Å². The van der Waals surface area contributed by atoms with E-state index in [1.165, 1.54) is 5.69 Å². The number of nitrogens with zero attached hydrogens (tertiary/aromatic N) is 3. The molecule has 3 rings (SSSR count). The van der Waals surface area contributed by atoms with Gasteiger partial charge in [0.2, 0.25) is 5.91 Å². The van der Waals surface area contributed by atoms with Crippen molar-refractivity contribution in [3.05, 3.63) is 53.6 Å². The number of pyridine rings is 1. The molecule has 4 heteroatoms. The predicted molar refractivity (Wildman–Crippen MR) is 77.2 cm³/mol. The minimum atomic E-state index is 0.143. The molecule has 104 valence electrons. The fourth-order valence-corrected chi connectivity index (χ4v) is 2.80. The topological polar surface area (TPSA) is 38.1 Å². The van der Waals surface area contributed by atoms with Crippen LogP contribution < -0.4 is 0 Å². The number of aromatic nitrogens is 2. The Labute approximate surface area is 119 Å². The van der Waals surface area contributed by atoms with E-state index in [0.717, 1.165) is 24.3 Å². The summed E-state index contributed by atoms with van der Waals surface area (Å²) in [6, 6.07) is 8.22. The highest BCUT2D eigenvalue weighted by atomic mass is 16.2. The number of amides is 1. The maximum atomic E-state index is 12.5. The van der Waals surface area contributed by atoms with E-state index in [2.05, 4.69) is 28.7 Å². The Bertz CT molecular complexity index is 615. The van der Waals surface area contributed by atoms with Gasteiger partial charge in [-0.1, -0.05) is 6.07 Å². The molecule has 0 saturated carbocycles. The Kier molecular flexibility index (Phi) is 3.30. The number of hydrogen-bond donors (Lipinski definition) is 0. The van der Waals surface area contributed by atoms with Gasteiger partial charge < -0.3 is 9.47 Å². The molecule has 0 bridgehead atoms. The molecule has 1 aliphatic heterocycles. The van der Waals surface area contributed by atoms with Crippen LogP contribution in [-0.2, 0) is 17.8 Å². The zero-order valence-electron chi connectivity index (χ0n) is 11.9. The lowest BCUT2D eigenvalue weighted by Crippen LogP contribution is -2.41. The summed E-state index contributed by atoms with van der Waals surface area (Å²) in [7, 11) is 0. The fraction of sp³-hybridized carbons (Fsp3) is 0.375. The quantitative estimate of drug-likeness (QED) is 0.839. The number of carbonyl (C=O) groups excluding carboxylic acids is 1. The summed E-state index contributed by atoms with van der Waals surface area (Å²) in [5.41, 5.74) is 3.17. The Hall–Kier alpha value is -2.10. The highest BCUT2D eigenvalue weighted by molar-refractivity contribution is 5.79. The fourth-order valence-electron chi connectivity index (χ4n) is 2.80. The van der Waals surface area contributed by atoms with E-state index in [1.54, 1.807) is 6.20 Å². The molecule has 0 aromatic carbocycles. The molecule has 0 radical (unpaired) electrons. The molecule has 0 aliphatic carbocycles. The summed E-state index contributed by atoms with van der Waals surface area (Å²) in [5, 5.41) is 0. The molecule has 0 N–H and O–H groups in total. The highest BCUT2D eigenvalue weighted by Crippen LogP contribution is 2.25. The largest absolute Gasteiger partial charge is 0.348 e. The average molecular weight is 269 g/mol. The van der Waals surface area contributed by atoms with Crippen molar-refractivity contribution >= 4 is 5.91 Å². The van der Waals surface area contributed by atoms with Crippen LogP contribution in [0, 0.1) is 6.92 Å². The van der Waals surface area contributed by atoms with Gasteiger partial charge in [-0.05, 0) is 37.6 Å². The molecular weight excluding hydrogens is 250 g/mol. The summed E-state index contributed by atoms with van der Waals surface area (Å²) in [6.45, 7) is 5.70. The second kappa shape index (κ2) is 5.12. The van der Waals surface area contributed by atoms with E-state index in [-0.39, 0.29) is 11.9 Å². The van der Waals surface area contributed by atoms with Crippen molar-refractivity contribution in [2.24, 2.45) is 0 Å². The second-order valence-electron chi connectivity index (χ2n) is 5.37. The van der Waals surface area contributed by atoms with E-state index in [1.807, 2.05) is 30.0 Å². The molecule has 1 amide bonds.